The minimum Gasteiger partial charge on any atom is -0.350 e. The molecular formula is C13H13N5O5. The van der Waals surface area contributed by atoms with Crippen molar-refractivity contribution in [2.75, 3.05) is 6.54 Å². The fourth-order valence-corrected chi connectivity index (χ4v) is 1.90. The number of nitro benzene ring substituents is 1. The number of aryl methyl sites for hydroxylation is 1. The fraction of sp³-hybridized carbons (Fsp3) is 0.231. The quantitative estimate of drug-likeness (QED) is 0.632. The van der Waals surface area contributed by atoms with Gasteiger partial charge >= 0.3 is 5.69 Å². The van der Waals surface area contributed by atoms with Gasteiger partial charge in [0.25, 0.3) is 11.6 Å². The van der Waals surface area contributed by atoms with Gasteiger partial charge in [-0.15, -0.1) is 0 Å². The van der Waals surface area contributed by atoms with Crippen molar-refractivity contribution in [2.45, 2.75) is 13.5 Å². The van der Waals surface area contributed by atoms with Gasteiger partial charge < -0.3 is 5.32 Å². The van der Waals surface area contributed by atoms with Crippen molar-refractivity contribution in [3.63, 3.8) is 0 Å². The molecule has 1 aromatic carbocycles. The van der Waals surface area contributed by atoms with Crippen LogP contribution in [0.15, 0.2) is 30.6 Å². The van der Waals surface area contributed by atoms with E-state index < -0.39 is 15.8 Å². The van der Waals surface area contributed by atoms with Crippen LogP contribution in [0.2, 0.25) is 0 Å². The van der Waals surface area contributed by atoms with Crippen molar-refractivity contribution < 1.29 is 14.6 Å². The molecule has 0 unspecified atom stereocenters. The second kappa shape index (κ2) is 6.64. The van der Waals surface area contributed by atoms with Gasteiger partial charge in [-0.1, -0.05) is 6.07 Å². The summed E-state index contributed by atoms with van der Waals surface area (Å²) < 4.78 is 1.33. The molecule has 0 bridgehead atoms. The molecule has 2 aromatic rings. The van der Waals surface area contributed by atoms with Crippen molar-refractivity contribution >= 4 is 17.3 Å². The van der Waals surface area contributed by atoms with Crippen LogP contribution in [0.5, 0.6) is 0 Å². The highest BCUT2D eigenvalue weighted by Crippen LogP contribution is 2.19. The Kier molecular flexibility index (Phi) is 4.64. The first kappa shape index (κ1) is 16.1. The molecule has 0 spiro atoms. The van der Waals surface area contributed by atoms with Gasteiger partial charge in [0.05, 0.1) is 16.4 Å². The normalized spacial score (nSPS) is 10.3. The number of amides is 1. The summed E-state index contributed by atoms with van der Waals surface area (Å²) in [5.74, 6) is -0.463. The molecule has 0 atom stereocenters. The van der Waals surface area contributed by atoms with Crippen LogP contribution in [-0.4, -0.2) is 32.1 Å². The number of rotatable bonds is 6. The molecule has 10 heteroatoms. The van der Waals surface area contributed by atoms with E-state index in [1.54, 1.807) is 6.92 Å². The maximum atomic E-state index is 12.0. The molecular weight excluding hydrogens is 306 g/mol. The van der Waals surface area contributed by atoms with Gasteiger partial charge in [-0.05, 0) is 13.0 Å². The van der Waals surface area contributed by atoms with Crippen LogP contribution in [0.25, 0.3) is 0 Å². The Labute approximate surface area is 130 Å². The maximum Gasteiger partial charge on any atom is 0.306 e. The molecule has 1 amide bonds. The van der Waals surface area contributed by atoms with E-state index >= 15 is 0 Å². The topological polar surface area (TPSA) is 133 Å². The molecule has 0 aliphatic carbocycles. The highest BCUT2D eigenvalue weighted by molar-refractivity contribution is 5.94. The summed E-state index contributed by atoms with van der Waals surface area (Å²) in [6, 6.07) is 4.21. The van der Waals surface area contributed by atoms with Crippen LogP contribution in [0.4, 0.5) is 11.4 Å². The van der Waals surface area contributed by atoms with Gasteiger partial charge in [0.1, 0.15) is 12.4 Å². The van der Waals surface area contributed by atoms with Crippen molar-refractivity contribution in [1.29, 1.82) is 0 Å². The highest BCUT2D eigenvalue weighted by atomic mass is 16.6. The van der Waals surface area contributed by atoms with Gasteiger partial charge in [-0.2, -0.15) is 5.10 Å². The third kappa shape index (κ3) is 3.87. The largest absolute Gasteiger partial charge is 0.350 e. The fourth-order valence-electron chi connectivity index (χ4n) is 1.90. The van der Waals surface area contributed by atoms with Crippen molar-refractivity contribution in [3.05, 3.63) is 61.9 Å². The summed E-state index contributed by atoms with van der Waals surface area (Å²) in [6.07, 6.45) is 2.37. The van der Waals surface area contributed by atoms with Crippen LogP contribution >= 0.6 is 0 Å². The predicted octanol–water partition coefficient (Wildman–Crippen LogP) is 1.44. The zero-order chi connectivity index (χ0) is 17.0. The molecule has 2 rings (SSSR count). The van der Waals surface area contributed by atoms with E-state index in [1.807, 2.05) is 0 Å². The number of nitro groups is 2. The average molecular weight is 319 g/mol. The number of aromatic nitrogens is 2. The van der Waals surface area contributed by atoms with Crippen LogP contribution in [0.3, 0.4) is 0 Å². The molecule has 10 nitrogen and oxygen atoms in total. The number of nitrogens with one attached hydrogen (secondary N) is 1. The first-order valence-electron chi connectivity index (χ1n) is 6.58. The highest BCUT2D eigenvalue weighted by Gasteiger charge is 2.15. The Morgan fingerprint density at radius 1 is 1.30 bits per heavy atom. The van der Waals surface area contributed by atoms with Crippen LogP contribution in [-0.2, 0) is 6.54 Å². The van der Waals surface area contributed by atoms with Crippen molar-refractivity contribution in [3.8, 4) is 0 Å². The average Bonchev–Trinajstić information content (AvgIpc) is 2.96. The molecule has 1 N–H and O–H groups in total. The molecule has 1 aromatic heterocycles. The van der Waals surface area contributed by atoms with Crippen LogP contribution in [0, 0.1) is 27.2 Å². The first-order chi connectivity index (χ1) is 10.9. The lowest BCUT2D eigenvalue weighted by atomic mass is 10.1. The van der Waals surface area contributed by atoms with E-state index in [2.05, 4.69) is 10.4 Å². The minimum absolute atomic E-state index is 0.125. The van der Waals surface area contributed by atoms with Crippen LogP contribution in [0.1, 0.15) is 15.9 Å². The summed E-state index contributed by atoms with van der Waals surface area (Å²) >= 11 is 0. The zero-order valence-corrected chi connectivity index (χ0v) is 12.1. The predicted molar refractivity (Wildman–Crippen MR) is 79.0 cm³/mol. The number of carbonyl (C=O) groups is 1. The van der Waals surface area contributed by atoms with E-state index in [-0.39, 0.29) is 30.0 Å². The Bertz CT molecular complexity index is 770. The van der Waals surface area contributed by atoms with Gasteiger partial charge in [-0.3, -0.25) is 29.7 Å². The van der Waals surface area contributed by atoms with E-state index in [0.29, 0.717) is 5.56 Å². The number of benzene rings is 1. The molecule has 0 aliphatic rings. The second-order valence-electron chi connectivity index (χ2n) is 4.73. The minimum atomic E-state index is -0.562. The number of carbonyl (C=O) groups excluding carboxylic acids is 1. The lowest BCUT2D eigenvalue weighted by Gasteiger charge is -2.06. The molecule has 0 radical (unpaired) electrons. The molecule has 0 saturated heterocycles. The van der Waals surface area contributed by atoms with E-state index in [0.717, 1.165) is 6.20 Å². The molecule has 0 aliphatic heterocycles. The first-order valence-corrected chi connectivity index (χ1v) is 6.58. The zero-order valence-electron chi connectivity index (χ0n) is 12.1. The van der Waals surface area contributed by atoms with E-state index in [1.165, 1.54) is 29.1 Å². The summed E-state index contributed by atoms with van der Waals surface area (Å²) in [5.41, 5.74) is 0.384. The standard InChI is InChI=1S/C13H13N5O5/c1-9-2-3-10(6-12(9)18(22)23)13(19)14-4-5-16-8-11(7-15-16)17(20)21/h2-3,6-8H,4-5H2,1H3,(H,14,19). The van der Waals surface area contributed by atoms with Gasteiger partial charge in [0, 0.05) is 23.7 Å². The number of hydrogen-bond donors (Lipinski definition) is 1. The Morgan fingerprint density at radius 2 is 2.04 bits per heavy atom. The SMILES string of the molecule is Cc1ccc(C(=O)NCCn2cc([N+](=O)[O-])cn2)cc1[N+](=O)[O-]. The summed E-state index contributed by atoms with van der Waals surface area (Å²) in [7, 11) is 0. The maximum absolute atomic E-state index is 12.0. The van der Waals surface area contributed by atoms with Gasteiger partial charge in [0.2, 0.25) is 0 Å². The molecule has 1 heterocycles. The summed E-state index contributed by atoms with van der Waals surface area (Å²) in [5, 5.41) is 27.8. The lowest BCUT2D eigenvalue weighted by Crippen LogP contribution is -2.27. The summed E-state index contributed by atoms with van der Waals surface area (Å²) in [6.45, 7) is 2.01. The third-order valence-electron chi connectivity index (χ3n) is 3.12. The van der Waals surface area contributed by atoms with Crippen molar-refractivity contribution in [2.24, 2.45) is 0 Å². The number of nitrogens with zero attached hydrogens (tertiary/aromatic N) is 4. The summed E-state index contributed by atoms with van der Waals surface area (Å²) in [4.78, 5) is 32.2. The lowest BCUT2D eigenvalue weighted by molar-refractivity contribution is -0.385. The Hall–Kier alpha value is -3.30. The van der Waals surface area contributed by atoms with E-state index in [4.69, 9.17) is 0 Å². The Morgan fingerprint density at radius 3 is 2.65 bits per heavy atom. The monoisotopic (exact) mass is 319 g/mol. The molecule has 0 saturated carbocycles. The van der Waals surface area contributed by atoms with E-state index in [9.17, 15) is 25.0 Å². The van der Waals surface area contributed by atoms with Crippen LogP contribution < -0.4 is 5.32 Å². The molecule has 23 heavy (non-hydrogen) atoms. The van der Waals surface area contributed by atoms with Gasteiger partial charge in [-0.25, -0.2) is 0 Å². The smallest absolute Gasteiger partial charge is 0.306 e. The third-order valence-corrected chi connectivity index (χ3v) is 3.12. The Balaban J connectivity index is 1.95. The van der Waals surface area contributed by atoms with Crippen molar-refractivity contribution in [1.82, 2.24) is 15.1 Å². The van der Waals surface area contributed by atoms with Gasteiger partial charge in [0.15, 0.2) is 0 Å². The second-order valence-corrected chi connectivity index (χ2v) is 4.73. The molecule has 120 valence electrons. The molecule has 0 fully saturated rings. The number of hydrogen-bond acceptors (Lipinski definition) is 6.